The highest BCUT2D eigenvalue weighted by Crippen LogP contribution is 2.22. The standard InChI is InChI=1S/C15H23N3O2/c1-12(11-19)16-15(20)17-13-6-5-7-14(10-13)18-8-3-2-4-9-18/h5-7,10,12,19H,2-4,8-9,11H2,1H3,(H2,16,17,20)/t12-/m1/s1. The van der Waals surface area contributed by atoms with Crippen molar-refractivity contribution in [3.63, 3.8) is 0 Å². The maximum atomic E-state index is 11.7. The Labute approximate surface area is 120 Å². The zero-order valence-electron chi connectivity index (χ0n) is 11.9. The Morgan fingerprint density at radius 1 is 1.35 bits per heavy atom. The molecule has 1 aromatic carbocycles. The molecule has 1 atom stereocenters. The van der Waals surface area contributed by atoms with E-state index in [4.69, 9.17) is 5.11 Å². The lowest BCUT2D eigenvalue weighted by Gasteiger charge is -2.29. The Balaban J connectivity index is 1.96. The fraction of sp³-hybridized carbons (Fsp3) is 0.533. The van der Waals surface area contributed by atoms with Crippen LogP contribution >= 0.6 is 0 Å². The molecule has 1 aromatic rings. The molecule has 20 heavy (non-hydrogen) atoms. The van der Waals surface area contributed by atoms with E-state index >= 15 is 0 Å². The number of rotatable bonds is 4. The third-order valence-corrected chi connectivity index (χ3v) is 3.48. The number of benzene rings is 1. The fourth-order valence-electron chi connectivity index (χ4n) is 2.37. The summed E-state index contributed by atoms with van der Waals surface area (Å²) in [6.07, 6.45) is 3.76. The molecule has 0 spiro atoms. The highest BCUT2D eigenvalue weighted by atomic mass is 16.3. The molecule has 5 nitrogen and oxygen atoms in total. The molecule has 1 aliphatic heterocycles. The van der Waals surface area contributed by atoms with Crippen LogP contribution in [0.2, 0.25) is 0 Å². The summed E-state index contributed by atoms with van der Waals surface area (Å²) in [5.74, 6) is 0. The van der Waals surface area contributed by atoms with Crippen LogP contribution in [0.25, 0.3) is 0 Å². The van der Waals surface area contributed by atoms with E-state index in [2.05, 4.69) is 21.6 Å². The van der Waals surface area contributed by atoms with Crippen LogP contribution in [-0.4, -0.2) is 36.9 Å². The van der Waals surface area contributed by atoms with Gasteiger partial charge in [0.25, 0.3) is 0 Å². The number of nitrogens with zero attached hydrogens (tertiary/aromatic N) is 1. The van der Waals surface area contributed by atoms with E-state index in [1.54, 1.807) is 6.92 Å². The third-order valence-electron chi connectivity index (χ3n) is 3.48. The maximum Gasteiger partial charge on any atom is 0.319 e. The summed E-state index contributed by atoms with van der Waals surface area (Å²) in [5, 5.41) is 14.4. The number of anilines is 2. The highest BCUT2D eigenvalue weighted by molar-refractivity contribution is 5.90. The molecule has 3 N–H and O–H groups in total. The summed E-state index contributed by atoms with van der Waals surface area (Å²) in [4.78, 5) is 14.1. The van der Waals surface area contributed by atoms with Gasteiger partial charge in [-0.05, 0) is 44.4 Å². The Bertz CT molecular complexity index is 444. The molecule has 0 radical (unpaired) electrons. The monoisotopic (exact) mass is 277 g/mol. The van der Waals surface area contributed by atoms with Crippen molar-refractivity contribution in [2.24, 2.45) is 0 Å². The van der Waals surface area contributed by atoms with E-state index in [0.717, 1.165) is 24.5 Å². The average Bonchev–Trinajstić information content (AvgIpc) is 2.48. The number of amides is 2. The molecule has 1 aliphatic rings. The van der Waals surface area contributed by atoms with Gasteiger partial charge in [0, 0.05) is 24.5 Å². The van der Waals surface area contributed by atoms with E-state index in [9.17, 15) is 4.79 Å². The predicted octanol–water partition coefficient (Wildman–Crippen LogP) is 2.18. The minimum atomic E-state index is -0.289. The number of carbonyl (C=O) groups excluding carboxylic acids is 1. The van der Waals surface area contributed by atoms with Gasteiger partial charge in [-0.15, -0.1) is 0 Å². The number of aliphatic hydroxyl groups is 1. The number of aliphatic hydroxyl groups excluding tert-OH is 1. The van der Waals surface area contributed by atoms with Crippen LogP contribution in [0.5, 0.6) is 0 Å². The first-order valence-corrected chi connectivity index (χ1v) is 7.22. The molecular weight excluding hydrogens is 254 g/mol. The first-order valence-electron chi connectivity index (χ1n) is 7.22. The van der Waals surface area contributed by atoms with Gasteiger partial charge in [-0.1, -0.05) is 6.07 Å². The third kappa shape index (κ3) is 4.13. The minimum Gasteiger partial charge on any atom is -0.394 e. The SMILES string of the molecule is C[C@H](CO)NC(=O)Nc1cccc(N2CCCCC2)c1. The van der Waals surface area contributed by atoms with Gasteiger partial charge in [-0.25, -0.2) is 4.79 Å². The van der Waals surface area contributed by atoms with Crippen molar-refractivity contribution in [3.8, 4) is 0 Å². The Hall–Kier alpha value is -1.75. The van der Waals surface area contributed by atoms with E-state index in [1.807, 2.05) is 18.2 Å². The van der Waals surface area contributed by atoms with Crippen molar-refractivity contribution in [2.45, 2.75) is 32.2 Å². The van der Waals surface area contributed by atoms with Crippen molar-refractivity contribution in [1.82, 2.24) is 5.32 Å². The number of nitrogens with one attached hydrogen (secondary N) is 2. The van der Waals surface area contributed by atoms with Gasteiger partial charge >= 0.3 is 6.03 Å². The van der Waals surface area contributed by atoms with E-state index < -0.39 is 0 Å². The average molecular weight is 277 g/mol. The van der Waals surface area contributed by atoms with Crippen molar-refractivity contribution in [3.05, 3.63) is 24.3 Å². The summed E-state index contributed by atoms with van der Waals surface area (Å²) in [5.41, 5.74) is 1.92. The van der Waals surface area contributed by atoms with Crippen molar-refractivity contribution in [2.75, 3.05) is 29.9 Å². The van der Waals surface area contributed by atoms with Crippen LogP contribution in [-0.2, 0) is 0 Å². The zero-order chi connectivity index (χ0) is 14.4. The molecule has 0 bridgehead atoms. The van der Waals surface area contributed by atoms with Crippen LogP contribution in [0.3, 0.4) is 0 Å². The van der Waals surface area contributed by atoms with Gasteiger partial charge in [0.1, 0.15) is 0 Å². The molecule has 2 rings (SSSR count). The van der Waals surface area contributed by atoms with Gasteiger partial charge in [-0.2, -0.15) is 0 Å². The van der Waals surface area contributed by atoms with E-state index in [-0.39, 0.29) is 18.7 Å². The summed E-state index contributed by atoms with van der Waals surface area (Å²) < 4.78 is 0. The first-order chi connectivity index (χ1) is 9.69. The van der Waals surface area contributed by atoms with Crippen molar-refractivity contribution in [1.29, 1.82) is 0 Å². The van der Waals surface area contributed by atoms with Crippen LogP contribution in [0.1, 0.15) is 26.2 Å². The molecule has 1 heterocycles. The lowest BCUT2D eigenvalue weighted by molar-refractivity contribution is 0.229. The molecule has 0 aliphatic carbocycles. The molecule has 5 heteroatoms. The topological polar surface area (TPSA) is 64.6 Å². The summed E-state index contributed by atoms with van der Waals surface area (Å²) in [7, 11) is 0. The Morgan fingerprint density at radius 2 is 2.10 bits per heavy atom. The lowest BCUT2D eigenvalue weighted by Crippen LogP contribution is -2.38. The van der Waals surface area contributed by atoms with Gasteiger partial charge in [0.05, 0.1) is 12.6 Å². The molecule has 0 aromatic heterocycles. The Kier molecular flexibility index (Phi) is 5.24. The molecule has 0 unspecified atom stereocenters. The molecule has 1 fully saturated rings. The zero-order valence-corrected chi connectivity index (χ0v) is 11.9. The lowest BCUT2D eigenvalue weighted by atomic mass is 10.1. The van der Waals surface area contributed by atoms with Gasteiger partial charge < -0.3 is 20.6 Å². The molecule has 1 saturated heterocycles. The van der Waals surface area contributed by atoms with Crippen LogP contribution in [0.4, 0.5) is 16.2 Å². The van der Waals surface area contributed by atoms with E-state index in [0.29, 0.717) is 0 Å². The fourth-order valence-corrected chi connectivity index (χ4v) is 2.37. The van der Waals surface area contributed by atoms with Gasteiger partial charge in [0.2, 0.25) is 0 Å². The van der Waals surface area contributed by atoms with E-state index in [1.165, 1.54) is 19.3 Å². The summed E-state index contributed by atoms with van der Waals surface area (Å²) in [6.45, 7) is 3.85. The largest absolute Gasteiger partial charge is 0.394 e. The second kappa shape index (κ2) is 7.14. The van der Waals surface area contributed by atoms with Crippen LogP contribution in [0.15, 0.2) is 24.3 Å². The number of urea groups is 1. The maximum absolute atomic E-state index is 11.7. The van der Waals surface area contributed by atoms with Crippen molar-refractivity contribution >= 4 is 17.4 Å². The molecule has 2 amide bonds. The Morgan fingerprint density at radius 3 is 2.80 bits per heavy atom. The second-order valence-electron chi connectivity index (χ2n) is 5.28. The molecular formula is C15H23N3O2. The number of carbonyl (C=O) groups is 1. The highest BCUT2D eigenvalue weighted by Gasteiger charge is 2.12. The van der Waals surface area contributed by atoms with Gasteiger partial charge in [0.15, 0.2) is 0 Å². The number of hydrogen-bond acceptors (Lipinski definition) is 3. The summed E-state index contributed by atoms with van der Waals surface area (Å²) in [6, 6.07) is 7.35. The van der Waals surface area contributed by atoms with Gasteiger partial charge in [-0.3, -0.25) is 0 Å². The molecule has 0 saturated carbocycles. The quantitative estimate of drug-likeness (QED) is 0.790. The first kappa shape index (κ1) is 14.7. The van der Waals surface area contributed by atoms with Crippen molar-refractivity contribution < 1.29 is 9.90 Å². The normalized spacial score (nSPS) is 16.6. The minimum absolute atomic E-state index is 0.0682. The smallest absolute Gasteiger partial charge is 0.319 e. The predicted molar refractivity (Wildman–Crippen MR) is 81.2 cm³/mol. The molecule has 110 valence electrons. The summed E-state index contributed by atoms with van der Waals surface area (Å²) >= 11 is 0. The second-order valence-corrected chi connectivity index (χ2v) is 5.28. The number of piperidine rings is 1. The van der Waals surface area contributed by atoms with Crippen LogP contribution < -0.4 is 15.5 Å². The van der Waals surface area contributed by atoms with Crippen LogP contribution in [0, 0.1) is 0 Å². The number of hydrogen-bond donors (Lipinski definition) is 3.